The summed E-state index contributed by atoms with van der Waals surface area (Å²) in [6, 6.07) is 9.06. The van der Waals surface area contributed by atoms with Crippen molar-refractivity contribution in [1.29, 1.82) is 5.41 Å². The van der Waals surface area contributed by atoms with Gasteiger partial charge >= 0.3 is 0 Å². The van der Waals surface area contributed by atoms with Gasteiger partial charge in [0.1, 0.15) is 0 Å². The van der Waals surface area contributed by atoms with E-state index in [9.17, 15) is 9.59 Å². The molecule has 0 bridgehead atoms. The van der Waals surface area contributed by atoms with Crippen LogP contribution in [-0.4, -0.2) is 35.1 Å². The van der Waals surface area contributed by atoms with Crippen molar-refractivity contribution in [1.82, 2.24) is 14.5 Å². The number of likely N-dealkylation sites (N-methyl/N-ethyl adjacent to an activating group) is 1. The summed E-state index contributed by atoms with van der Waals surface area (Å²) >= 11 is 0. The van der Waals surface area contributed by atoms with Gasteiger partial charge in [-0.05, 0) is 37.7 Å². The Morgan fingerprint density at radius 1 is 1.08 bits per heavy atom. The topological polar surface area (TPSA) is 81.9 Å². The summed E-state index contributed by atoms with van der Waals surface area (Å²) in [5, 5.41) is 11.5. The van der Waals surface area contributed by atoms with Gasteiger partial charge < -0.3 is 15.3 Å². The molecule has 4 aromatic rings. The van der Waals surface area contributed by atoms with Crippen LogP contribution in [0.15, 0.2) is 46.1 Å². The van der Waals surface area contributed by atoms with Gasteiger partial charge in [-0.15, -0.1) is 0 Å². The van der Waals surface area contributed by atoms with Gasteiger partial charge in [-0.3, -0.25) is 14.2 Å². The third-order valence-electron chi connectivity index (χ3n) is 4.64. The highest BCUT2D eigenvalue weighted by molar-refractivity contribution is 6.19. The van der Waals surface area contributed by atoms with Crippen LogP contribution >= 0.6 is 0 Å². The number of H-pyrrole nitrogens is 1. The average Bonchev–Trinajstić information content (AvgIpc) is 2.59. The van der Waals surface area contributed by atoms with Gasteiger partial charge in [-0.25, -0.2) is 0 Å². The molecular weight excluding hydrogens is 316 g/mol. The molecule has 2 aromatic heterocycles. The van der Waals surface area contributed by atoms with E-state index in [0.717, 1.165) is 16.3 Å². The molecule has 2 aromatic carbocycles. The highest BCUT2D eigenvalue weighted by Gasteiger charge is 2.17. The van der Waals surface area contributed by atoms with Gasteiger partial charge in [0.15, 0.2) is 0 Å². The van der Waals surface area contributed by atoms with Crippen molar-refractivity contribution in [3.8, 4) is 0 Å². The summed E-state index contributed by atoms with van der Waals surface area (Å²) in [7, 11) is 3.79. The SMILES string of the molecule is CN(C)CCn1c(=O)c2cc3ccc[nH]c3c3ccc(=N)c(c1=O)c23. The number of nitrogens with one attached hydrogen (secondary N) is 2. The van der Waals surface area contributed by atoms with Crippen molar-refractivity contribution in [3.05, 3.63) is 62.6 Å². The van der Waals surface area contributed by atoms with E-state index in [1.807, 2.05) is 43.4 Å². The summed E-state index contributed by atoms with van der Waals surface area (Å²) in [6.45, 7) is 0.885. The van der Waals surface area contributed by atoms with Gasteiger partial charge in [-0.2, -0.15) is 0 Å². The maximum absolute atomic E-state index is 13.0. The second-order valence-corrected chi connectivity index (χ2v) is 6.53. The highest BCUT2D eigenvalue weighted by atomic mass is 16.2. The van der Waals surface area contributed by atoms with Crippen molar-refractivity contribution in [3.63, 3.8) is 0 Å². The Morgan fingerprint density at radius 3 is 2.64 bits per heavy atom. The molecule has 25 heavy (non-hydrogen) atoms. The summed E-state index contributed by atoms with van der Waals surface area (Å²) in [5.74, 6) is 0. The maximum Gasteiger partial charge on any atom is 0.263 e. The fourth-order valence-corrected chi connectivity index (χ4v) is 3.39. The van der Waals surface area contributed by atoms with Crippen LogP contribution in [0.4, 0.5) is 0 Å². The minimum atomic E-state index is -0.384. The van der Waals surface area contributed by atoms with Crippen LogP contribution in [0.5, 0.6) is 0 Å². The molecule has 0 aliphatic heterocycles. The molecule has 4 rings (SSSR count). The monoisotopic (exact) mass is 334 g/mol. The molecule has 0 aliphatic rings. The third kappa shape index (κ3) is 2.26. The van der Waals surface area contributed by atoms with E-state index in [2.05, 4.69) is 4.98 Å². The van der Waals surface area contributed by atoms with Crippen LogP contribution in [0.2, 0.25) is 0 Å². The summed E-state index contributed by atoms with van der Waals surface area (Å²) < 4.78 is 1.26. The smallest absolute Gasteiger partial charge is 0.263 e. The first-order chi connectivity index (χ1) is 12.0. The molecule has 6 nitrogen and oxygen atoms in total. The van der Waals surface area contributed by atoms with E-state index in [1.54, 1.807) is 12.1 Å². The number of hydrogen-bond acceptors (Lipinski definition) is 4. The minimum Gasteiger partial charge on any atom is -0.361 e. The summed E-state index contributed by atoms with van der Waals surface area (Å²) in [4.78, 5) is 31.1. The lowest BCUT2D eigenvalue weighted by atomic mass is 9.98. The van der Waals surface area contributed by atoms with E-state index in [-0.39, 0.29) is 16.5 Å². The molecule has 126 valence electrons. The van der Waals surface area contributed by atoms with Crippen LogP contribution in [0, 0.1) is 5.41 Å². The predicted molar refractivity (Wildman–Crippen MR) is 99.4 cm³/mol. The molecule has 0 amide bonds. The quantitative estimate of drug-likeness (QED) is 0.440. The second kappa shape index (κ2) is 5.53. The minimum absolute atomic E-state index is 0.149. The fraction of sp³-hybridized carbons (Fsp3) is 0.211. The first-order valence-electron chi connectivity index (χ1n) is 8.11. The second-order valence-electron chi connectivity index (χ2n) is 6.53. The number of aromatic nitrogens is 2. The van der Waals surface area contributed by atoms with Gasteiger partial charge in [0.25, 0.3) is 11.1 Å². The first kappa shape index (κ1) is 15.5. The molecule has 0 aliphatic carbocycles. The number of fused-ring (bicyclic) bond motifs is 2. The van der Waals surface area contributed by atoms with Crippen LogP contribution in [-0.2, 0) is 6.54 Å². The zero-order valence-electron chi connectivity index (χ0n) is 14.1. The van der Waals surface area contributed by atoms with Gasteiger partial charge in [0.05, 0.1) is 16.3 Å². The lowest BCUT2D eigenvalue weighted by Crippen LogP contribution is -2.38. The number of hydrogen-bond donors (Lipinski definition) is 2. The number of nitrogens with zero attached hydrogens (tertiary/aromatic N) is 2. The Bertz CT molecular complexity index is 1280. The molecule has 2 heterocycles. The van der Waals surface area contributed by atoms with Gasteiger partial charge in [0, 0.05) is 35.4 Å². The predicted octanol–water partition coefficient (Wildman–Crippen LogP) is 1.48. The Hall–Kier alpha value is -2.99. The zero-order chi connectivity index (χ0) is 17.7. The molecule has 2 N–H and O–H groups in total. The first-order valence-corrected chi connectivity index (χ1v) is 8.11. The van der Waals surface area contributed by atoms with Gasteiger partial charge in [-0.1, -0.05) is 12.1 Å². The van der Waals surface area contributed by atoms with Crippen LogP contribution in [0.25, 0.3) is 32.4 Å². The highest BCUT2D eigenvalue weighted by Crippen LogP contribution is 2.27. The van der Waals surface area contributed by atoms with Crippen LogP contribution < -0.4 is 16.5 Å². The van der Waals surface area contributed by atoms with Crippen molar-refractivity contribution >= 4 is 32.4 Å². The molecule has 0 atom stereocenters. The molecule has 0 saturated heterocycles. The summed E-state index contributed by atoms with van der Waals surface area (Å²) in [6.07, 6.45) is 1.81. The third-order valence-corrected chi connectivity index (χ3v) is 4.64. The van der Waals surface area contributed by atoms with Crippen molar-refractivity contribution < 1.29 is 0 Å². The lowest BCUT2D eigenvalue weighted by Gasteiger charge is -2.14. The van der Waals surface area contributed by atoms with E-state index in [0.29, 0.717) is 29.2 Å². The van der Waals surface area contributed by atoms with Crippen LogP contribution in [0.3, 0.4) is 0 Å². The number of pyridine rings is 2. The van der Waals surface area contributed by atoms with E-state index >= 15 is 0 Å². The molecule has 6 heteroatoms. The molecule has 0 radical (unpaired) electrons. The normalized spacial score (nSPS) is 12.0. The Labute approximate surface area is 142 Å². The fourth-order valence-electron chi connectivity index (χ4n) is 3.39. The van der Waals surface area contributed by atoms with Gasteiger partial charge in [0.2, 0.25) is 0 Å². The van der Waals surface area contributed by atoms with Crippen molar-refractivity contribution in [2.75, 3.05) is 20.6 Å². The molecule has 0 saturated carbocycles. The zero-order valence-corrected chi connectivity index (χ0v) is 14.1. The molecule has 0 fully saturated rings. The molecule has 0 spiro atoms. The largest absolute Gasteiger partial charge is 0.361 e. The Morgan fingerprint density at radius 2 is 1.88 bits per heavy atom. The van der Waals surface area contributed by atoms with E-state index in [1.165, 1.54) is 4.57 Å². The van der Waals surface area contributed by atoms with Crippen molar-refractivity contribution in [2.45, 2.75) is 6.54 Å². The molecule has 0 unspecified atom stereocenters. The standard InChI is InChI=1S/C19H18N4O2/c1-22(2)8-9-23-18(24)13-10-11-4-3-7-21-17(11)12-5-6-14(20)16(15(12)13)19(23)25/h3-7,10,20-21H,8-9H2,1-2H3. The van der Waals surface area contributed by atoms with E-state index < -0.39 is 0 Å². The maximum atomic E-state index is 13.0. The summed E-state index contributed by atoms with van der Waals surface area (Å²) in [5.41, 5.74) is 0.191. The lowest BCUT2D eigenvalue weighted by molar-refractivity contribution is 0.379. The van der Waals surface area contributed by atoms with Crippen LogP contribution in [0.1, 0.15) is 0 Å². The average molecular weight is 334 g/mol. The van der Waals surface area contributed by atoms with Crippen molar-refractivity contribution in [2.24, 2.45) is 0 Å². The Balaban J connectivity index is 2.25. The number of rotatable bonds is 3. The molecular formula is C19H18N4O2. The van der Waals surface area contributed by atoms with E-state index in [4.69, 9.17) is 5.41 Å². The number of benzene rings is 2. The Kier molecular flexibility index (Phi) is 3.43. The number of aromatic amines is 1.